The summed E-state index contributed by atoms with van der Waals surface area (Å²) < 4.78 is 33.3. The number of ether oxygens (including phenoxy) is 1. The highest BCUT2D eigenvalue weighted by molar-refractivity contribution is 7.89. The molecule has 1 aromatic heterocycles. The molecule has 1 aliphatic rings. The number of morpholine rings is 1. The van der Waals surface area contributed by atoms with E-state index in [4.69, 9.17) is 4.74 Å². The zero-order chi connectivity index (χ0) is 19.4. The molecule has 10 heteroatoms. The van der Waals surface area contributed by atoms with Crippen LogP contribution in [0.1, 0.15) is 17.4 Å². The number of benzene rings is 1. The molecule has 3 rings (SSSR count). The summed E-state index contributed by atoms with van der Waals surface area (Å²) in [5.74, 6) is -0.565. The lowest BCUT2D eigenvalue weighted by atomic mass is 10.3. The van der Waals surface area contributed by atoms with Gasteiger partial charge in [0.1, 0.15) is 12.2 Å². The highest BCUT2D eigenvalue weighted by Crippen LogP contribution is 2.20. The van der Waals surface area contributed by atoms with Crippen LogP contribution in [0, 0.1) is 0 Å². The van der Waals surface area contributed by atoms with Gasteiger partial charge in [0.2, 0.25) is 15.9 Å². The minimum atomic E-state index is -3.64. The predicted molar refractivity (Wildman–Crippen MR) is 96.9 cm³/mol. The van der Waals surface area contributed by atoms with Gasteiger partial charge in [-0.3, -0.25) is 14.3 Å². The Kier molecular flexibility index (Phi) is 5.68. The van der Waals surface area contributed by atoms with E-state index in [9.17, 15) is 18.0 Å². The summed E-state index contributed by atoms with van der Waals surface area (Å²) >= 11 is 0. The van der Waals surface area contributed by atoms with Gasteiger partial charge >= 0.3 is 0 Å². The topological polar surface area (TPSA) is 111 Å². The normalized spacial score (nSPS) is 15.4. The summed E-state index contributed by atoms with van der Waals surface area (Å²) in [5.41, 5.74) is 0.648. The van der Waals surface area contributed by atoms with Crippen LogP contribution in [0.25, 0.3) is 0 Å². The second-order valence-electron chi connectivity index (χ2n) is 6.05. The van der Waals surface area contributed by atoms with E-state index in [2.05, 4.69) is 10.4 Å². The number of hydrogen-bond acceptors (Lipinski definition) is 6. The predicted octanol–water partition coefficient (Wildman–Crippen LogP) is 0.745. The summed E-state index contributed by atoms with van der Waals surface area (Å²) in [5, 5.41) is 6.65. The molecule has 2 heterocycles. The molecule has 1 fully saturated rings. The first-order valence-electron chi connectivity index (χ1n) is 8.38. The van der Waals surface area contributed by atoms with Gasteiger partial charge < -0.3 is 10.1 Å². The Morgan fingerprint density at radius 3 is 2.63 bits per heavy atom. The van der Waals surface area contributed by atoms with Crippen LogP contribution in [0.15, 0.2) is 41.4 Å². The van der Waals surface area contributed by atoms with Crippen LogP contribution >= 0.6 is 0 Å². The molecule has 1 aliphatic heterocycles. The Balaban J connectivity index is 1.69. The van der Waals surface area contributed by atoms with E-state index in [1.54, 1.807) is 12.1 Å². The summed E-state index contributed by atoms with van der Waals surface area (Å²) in [6, 6.07) is 7.63. The number of sulfonamides is 1. The number of nitrogens with zero attached hydrogens (tertiary/aromatic N) is 3. The molecule has 1 saturated heterocycles. The number of hydrogen-bond donors (Lipinski definition) is 1. The largest absolute Gasteiger partial charge is 0.379 e. The second kappa shape index (κ2) is 7.99. The van der Waals surface area contributed by atoms with Gasteiger partial charge in [0.05, 0.1) is 18.1 Å². The smallest absolute Gasteiger partial charge is 0.246 e. The van der Waals surface area contributed by atoms with Crippen LogP contribution in [0.4, 0.5) is 5.69 Å². The number of Topliss-reactive ketones (excluding diaryl/α,β-unsaturated/α-hetero) is 1. The molecule has 27 heavy (non-hydrogen) atoms. The zero-order valence-electron chi connectivity index (χ0n) is 14.8. The van der Waals surface area contributed by atoms with Crippen molar-refractivity contribution in [2.24, 2.45) is 0 Å². The van der Waals surface area contributed by atoms with E-state index in [0.29, 0.717) is 32.0 Å². The monoisotopic (exact) mass is 392 g/mol. The number of carbonyl (C=O) groups is 2. The van der Waals surface area contributed by atoms with E-state index >= 15 is 0 Å². The summed E-state index contributed by atoms with van der Waals surface area (Å²) in [4.78, 5) is 23.6. The van der Waals surface area contributed by atoms with Crippen LogP contribution in [0.3, 0.4) is 0 Å². The van der Waals surface area contributed by atoms with Crippen LogP contribution in [0.2, 0.25) is 0 Å². The summed E-state index contributed by atoms with van der Waals surface area (Å²) in [6.45, 7) is 2.64. The number of carbonyl (C=O) groups excluding carboxylic acids is 2. The van der Waals surface area contributed by atoms with Gasteiger partial charge in [0.25, 0.3) is 0 Å². The van der Waals surface area contributed by atoms with Crippen molar-refractivity contribution in [3.05, 3.63) is 42.2 Å². The van der Waals surface area contributed by atoms with Crippen molar-refractivity contribution in [1.29, 1.82) is 0 Å². The molecular weight excluding hydrogens is 372 g/mol. The molecule has 0 bridgehead atoms. The third-order valence-electron chi connectivity index (χ3n) is 4.03. The van der Waals surface area contributed by atoms with Crippen LogP contribution in [-0.4, -0.2) is 60.5 Å². The molecular formula is C17H20N4O5S. The fourth-order valence-electron chi connectivity index (χ4n) is 2.66. The summed E-state index contributed by atoms with van der Waals surface area (Å²) in [7, 11) is -3.64. The average molecular weight is 392 g/mol. The standard InChI is InChI=1S/C17H20N4O5S/c1-13(22)16-5-6-20(19-16)12-17(23)18-14-3-2-4-15(11-14)27(24,25)21-7-9-26-10-8-21/h2-6,11H,7-10,12H2,1H3,(H,18,23). The van der Waals surface area contributed by atoms with Gasteiger partial charge in [-0.25, -0.2) is 8.42 Å². The van der Waals surface area contributed by atoms with Gasteiger partial charge in [-0.05, 0) is 24.3 Å². The maximum atomic E-state index is 12.7. The summed E-state index contributed by atoms with van der Waals surface area (Å²) in [6.07, 6.45) is 1.54. The number of amides is 1. The maximum absolute atomic E-state index is 12.7. The van der Waals surface area contributed by atoms with E-state index < -0.39 is 10.0 Å². The van der Waals surface area contributed by atoms with Crippen LogP contribution in [0.5, 0.6) is 0 Å². The van der Waals surface area contributed by atoms with E-state index in [-0.39, 0.29) is 28.8 Å². The fraction of sp³-hybridized carbons (Fsp3) is 0.353. The lowest BCUT2D eigenvalue weighted by Gasteiger charge is -2.26. The minimum Gasteiger partial charge on any atom is -0.379 e. The van der Waals surface area contributed by atoms with Gasteiger partial charge in [-0.15, -0.1) is 0 Å². The van der Waals surface area contributed by atoms with Crippen molar-refractivity contribution >= 4 is 27.4 Å². The molecule has 1 aromatic carbocycles. The molecule has 0 radical (unpaired) electrons. The van der Waals surface area contributed by atoms with Crippen molar-refractivity contribution in [3.63, 3.8) is 0 Å². The quantitative estimate of drug-likeness (QED) is 0.726. The van der Waals surface area contributed by atoms with E-state index in [0.717, 1.165) is 0 Å². The maximum Gasteiger partial charge on any atom is 0.246 e. The third kappa shape index (κ3) is 4.59. The van der Waals surface area contributed by atoms with Gasteiger partial charge in [0, 0.05) is 31.9 Å². The van der Waals surface area contributed by atoms with E-state index in [1.807, 2.05) is 0 Å². The highest BCUT2D eigenvalue weighted by atomic mass is 32.2. The molecule has 9 nitrogen and oxygen atoms in total. The SMILES string of the molecule is CC(=O)c1ccn(CC(=O)Nc2cccc(S(=O)(=O)N3CCOCC3)c2)n1. The highest BCUT2D eigenvalue weighted by Gasteiger charge is 2.26. The minimum absolute atomic E-state index is 0.0896. The van der Waals surface area contributed by atoms with Crippen molar-refractivity contribution in [2.75, 3.05) is 31.6 Å². The van der Waals surface area contributed by atoms with Gasteiger partial charge in [0.15, 0.2) is 5.78 Å². The first-order valence-corrected chi connectivity index (χ1v) is 9.82. The van der Waals surface area contributed by atoms with Crippen molar-refractivity contribution < 1.29 is 22.7 Å². The molecule has 0 saturated carbocycles. The molecule has 1 N–H and O–H groups in total. The van der Waals surface area contributed by atoms with Crippen molar-refractivity contribution in [1.82, 2.24) is 14.1 Å². The Bertz CT molecular complexity index is 948. The lowest BCUT2D eigenvalue weighted by molar-refractivity contribution is -0.116. The van der Waals surface area contributed by atoms with E-state index in [1.165, 1.54) is 40.3 Å². The zero-order valence-corrected chi connectivity index (χ0v) is 15.6. The Morgan fingerprint density at radius 1 is 1.22 bits per heavy atom. The van der Waals surface area contributed by atoms with Crippen molar-refractivity contribution in [3.8, 4) is 0 Å². The number of rotatable bonds is 6. The second-order valence-corrected chi connectivity index (χ2v) is 7.99. The number of ketones is 1. The third-order valence-corrected chi connectivity index (χ3v) is 5.93. The van der Waals surface area contributed by atoms with Crippen LogP contribution in [-0.2, 0) is 26.1 Å². The number of anilines is 1. The molecule has 144 valence electrons. The molecule has 0 unspecified atom stereocenters. The Morgan fingerprint density at radius 2 is 1.96 bits per heavy atom. The molecule has 0 aliphatic carbocycles. The number of aromatic nitrogens is 2. The first kappa shape index (κ1) is 19.2. The lowest BCUT2D eigenvalue weighted by Crippen LogP contribution is -2.40. The Labute approximate surface area is 157 Å². The average Bonchev–Trinajstić information content (AvgIpc) is 3.11. The molecule has 1 amide bonds. The van der Waals surface area contributed by atoms with Crippen molar-refractivity contribution in [2.45, 2.75) is 18.4 Å². The molecule has 2 aromatic rings. The van der Waals surface area contributed by atoms with Gasteiger partial charge in [-0.2, -0.15) is 9.40 Å². The van der Waals surface area contributed by atoms with Gasteiger partial charge in [-0.1, -0.05) is 6.07 Å². The molecule has 0 atom stereocenters. The molecule has 0 spiro atoms. The first-order chi connectivity index (χ1) is 12.9. The van der Waals surface area contributed by atoms with Crippen LogP contribution < -0.4 is 5.32 Å². The number of nitrogens with one attached hydrogen (secondary N) is 1. The Hall–Kier alpha value is -2.56. The fourth-order valence-corrected chi connectivity index (χ4v) is 4.11.